The Hall–Kier alpha value is -1.61. The lowest BCUT2D eigenvalue weighted by Crippen LogP contribution is -2.32. The van der Waals surface area contributed by atoms with Gasteiger partial charge >= 0.3 is 0 Å². The highest BCUT2D eigenvalue weighted by molar-refractivity contribution is 8.14. The van der Waals surface area contributed by atoms with Crippen LogP contribution in [0.2, 0.25) is 0 Å². The highest BCUT2D eigenvalue weighted by atomic mass is 32.2. The molecule has 1 heterocycles. The number of thioether (sulfide) groups is 1. The lowest BCUT2D eigenvalue weighted by molar-refractivity contribution is -0.697. The van der Waals surface area contributed by atoms with E-state index in [9.17, 15) is 4.79 Å². The lowest BCUT2D eigenvalue weighted by Gasteiger charge is -2.01. The molecule has 0 radical (unpaired) electrons. The molecule has 0 saturated heterocycles. The van der Waals surface area contributed by atoms with Gasteiger partial charge in [0.15, 0.2) is 12.4 Å². The maximum Gasteiger partial charge on any atom is 0.219 e. The van der Waals surface area contributed by atoms with E-state index < -0.39 is 0 Å². The highest BCUT2D eigenvalue weighted by Crippen LogP contribution is 2.14. The fourth-order valence-electron chi connectivity index (χ4n) is 2.16. The van der Waals surface area contributed by atoms with Crippen LogP contribution in [0, 0.1) is 0 Å². The van der Waals surface area contributed by atoms with Crippen LogP contribution in [0.25, 0.3) is 0 Å². The summed E-state index contributed by atoms with van der Waals surface area (Å²) in [5, 5.41) is 0.190. The van der Waals surface area contributed by atoms with Gasteiger partial charge in [-0.05, 0) is 12.8 Å². The van der Waals surface area contributed by atoms with Crippen LogP contribution in [-0.2, 0) is 6.54 Å². The third kappa shape index (κ3) is 6.13. The lowest BCUT2D eigenvalue weighted by atomic mass is 10.2. The summed E-state index contributed by atoms with van der Waals surface area (Å²) in [4.78, 5) is 11.9. The largest absolute Gasteiger partial charge is 0.282 e. The van der Waals surface area contributed by atoms with Crippen LogP contribution in [0.5, 0.6) is 0 Å². The molecule has 0 bridgehead atoms. The topological polar surface area (TPSA) is 20.9 Å². The molecule has 0 spiro atoms. The fourth-order valence-corrected chi connectivity index (χ4v) is 2.99. The molecule has 2 aromatic rings. The number of carbonyl (C=O) groups excluding carboxylic acids is 1. The first-order valence-electron chi connectivity index (χ1n) is 7.52. The van der Waals surface area contributed by atoms with Crippen LogP contribution in [0.3, 0.4) is 0 Å². The van der Waals surface area contributed by atoms with Gasteiger partial charge < -0.3 is 0 Å². The third-order valence-corrected chi connectivity index (χ3v) is 4.32. The van der Waals surface area contributed by atoms with Crippen molar-refractivity contribution >= 4 is 16.9 Å². The van der Waals surface area contributed by atoms with Crippen molar-refractivity contribution in [1.82, 2.24) is 0 Å². The van der Waals surface area contributed by atoms with E-state index in [0.717, 1.165) is 24.3 Å². The van der Waals surface area contributed by atoms with Crippen molar-refractivity contribution in [3.63, 3.8) is 0 Å². The van der Waals surface area contributed by atoms with Crippen molar-refractivity contribution in [1.29, 1.82) is 0 Å². The van der Waals surface area contributed by atoms with Crippen molar-refractivity contribution < 1.29 is 9.36 Å². The molecule has 110 valence electrons. The number of carbonyl (C=O) groups is 1. The van der Waals surface area contributed by atoms with E-state index in [0.29, 0.717) is 0 Å². The number of hydrogen-bond donors (Lipinski definition) is 0. The summed E-state index contributed by atoms with van der Waals surface area (Å²) in [6.45, 7) is 1.08. The Labute approximate surface area is 131 Å². The van der Waals surface area contributed by atoms with Crippen LogP contribution in [0.1, 0.15) is 36.0 Å². The average Bonchev–Trinajstić information content (AvgIpc) is 2.55. The minimum atomic E-state index is 0.190. The zero-order valence-corrected chi connectivity index (χ0v) is 13.1. The molecule has 0 atom stereocenters. The van der Waals surface area contributed by atoms with E-state index in [4.69, 9.17) is 0 Å². The number of aryl methyl sites for hydroxylation is 1. The minimum absolute atomic E-state index is 0.190. The molecule has 0 aliphatic heterocycles. The molecule has 0 fully saturated rings. The van der Waals surface area contributed by atoms with Gasteiger partial charge in [-0.2, -0.15) is 0 Å². The van der Waals surface area contributed by atoms with Crippen LogP contribution in [0.4, 0.5) is 0 Å². The summed E-state index contributed by atoms with van der Waals surface area (Å²) in [6, 6.07) is 15.7. The number of pyridine rings is 1. The summed E-state index contributed by atoms with van der Waals surface area (Å²) < 4.78 is 2.22. The van der Waals surface area contributed by atoms with E-state index in [1.165, 1.54) is 31.0 Å². The monoisotopic (exact) mass is 300 g/mol. The molecule has 0 unspecified atom stereocenters. The molecule has 3 heteroatoms. The fraction of sp³-hybridized carbons (Fsp3) is 0.333. The van der Waals surface area contributed by atoms with Gasteiger partial charge in [-0.1, -0.05) is 54.6 Å². The summed E-state index contributed by atoms with van der Waals surface area (Å²) in [5.41, 5.74) is 0.808. The number of unbranched alkanes of at least 4 members (excludes halogenated alkanes) is 3. The second-order valence-electron chi connectivity index (χ2n) is 5.03. The predicted octanol–water partition coefficient (Wildman–Crippen LogP) is 4.11. The molecule has 1 aromatic carbocycles. The molecule has 2 rings (SSSR count). The van der Waals surface area contributed by atoms with Gasteiger partial charge in [0.25, 0.3) is 0 Å². The van der Waals surface area contributed by atoms with Crippen LogP contribution < -0.4 is 4.57 Å². The van der Waals surface area contributed by atoms with Gasteiger partial charge in [0.2, 0.25) is 5.12 Å². The Bertz CT molecular complexity index is 527. The van der Waals surface area contributed by atoms with Gasteiger partial charge in [0.1, 0.15) is 6.54 Å². The number of nitrogens with zero attached hydrogens (tertiary/aromatic N) is 1. The molecule has 21 heavy (non-hydrogen) atoms. The first kappa shape index (κ1) is 15.8. The highest BCUT2D eigenvalue weighted by Gasteiger charge is 2.05. The van der Waals surface area contributed by atoms with E-state index >= 15 is 0 Å². The Morgan fingerprint density at radius 3 is 2.29 bits per heavy atom. The number of benzene rings is 1. The molecule has 0 aliphatic rings. The van der Waals surface area contributed by atoms with Crippen molar-refractivity contribution in [3.8, 4) is 0 Å². The van der Waals surface area contributed by atoms with E-state index in [-0.39, 0.29) is 5.12 Å². The van der Waals surface area contributed by atoms with Crippen LogP contribution in [-0.4, -0.2) is 10.9 Å². The zero-order valence-electron chi connectivity index (χ0n) is 12.3. The molecule has 0 saturated carbocycles. The molecule has 1 aromatic heterocycles. The third-order valence-electron chi connectivity index (χ3n) is 3.33. The Balaban J connectivity index is 1.51. The van der Waals surface area contributed by atoms with Gasteiger partial charge in [0, 0.05) is 29.9 Å². The molecule has 2 nitrogen and oxygen atoms in total. The molecule has 0 amide bonds. The smallest absolute Gasteiger partial charge is 0.219 e. The molecular formula is C18H22NOS+. The number of rotatable bonds is 8. The maximum atomic E-state index is 11.9. The van der Waals surface area contributed by atoms with Gasteiger partial charge in [-0.15, -0.1) is 0 Å². The van der Waals surface area contributed by atoms with Gasteiger partial charge in [0.05, 0.1) is 0 Å². The summed E-state index contributed by atoms with van der Waals surface area (Å²) in [6.07, 6.45) is 8.95. The predicted molar refractivity (Wildman–Crippen MR) is 88.3 cm³/mol. The summed E-state index contributed by atoms with van der Waals surface area (Å²) >= 11 is 1.44. The normalized spacial score (nSPS) is 10.5. The molecule has 0 N–H and O–H groups in total. The number of aromatic nitrogens is 1. The summed E-state index contributed by atoms with van der Waals surface area (Å²) in [7, 11) is 0. The van der Waals surface area contributed by atoms with Gasteiger partial charge in [-0.3, -0.25) is 4.79 Å². The Kier molecular flexibility index (Phi) is 7.02. The van der Waals surface area contributed by atoms with Crippen LogP contribution >= 0.6 is 11.8 Å². The molecular weight excluding hydrogens is 278 g/mol. The number of hydrogen-bond acceptors (Lipinski definition) is 2. The van der Waals surface area contributed by atoms with Gasteiger partial charge in [-0.25, -0.2) is 4.57 Å². The van der Waals surface area contributed by atoms with Crippen molar-refractivity contribution in [2.24, 2.45) is 0 Å². The van der Waals surface area contributed by atoms with Crippen molar-refractivity contribution in [3.05, 3.63) is 66.5 Å². The first-order chi connectivity index (χ1) is 10.4. The molecule has 0 aliphatic carbocycles. The minimum Gasteiger partial charge on any atom is -0.282 e. The van der Waals surface area contributed by atoms with Crippen molar-refractivity contribution in [2.45, 2.75) is 32.2 Å². The van der Waals surface area contributed by atoms with Crippen LogP contribution in [0.15, 0.2) is 60.9 Å². The Morgan fingerprint density at radius 1 is 0.857 bits per heavy atom. The second kappa shape index (κ2) is 9.35. The SMILES string of the molecule is O=C(SCCCCCC[n+]1ccccc1)c1ccccc1. The second-order valence-corrected chi connectivity index (χ2v) is 6.10. The van der Waals surface area contributed by atoms with Crippen molar-refractivity contribution in [2.75, 3.05) is 5.75 Å². The average molecular weight is 300 g/mol. The van der Waals surface area contributed by atoms with E-state index in [1.54, 1.807) is 0 Å². The Morgan fingerprint density at radius 2 is 1.52 bits per heavy atom. The van der Waals surface area contributed by atoms with E-state index in [1.807, 2.05) is 36.4 Å². The summed E-state index contributed by atoms with van der Waals surface area (Å²) in [5.74, 6) is 0.923. The zero-order chi connectivity index (χ0) is 14.8. The quantitative estimate of drug-likeness (QED) is 0.540. The van der Waals surface area contributed by atoms with E-state index in [2.05, 4.69) is 29.1 Å². The first-order valence-corrected chi connectivity index (χ1v) is 8.51. The standard InChI is InChI=1S/C18H22NOS/c20-18(17-11-5-3-6-12-17)21-16-10-2-1-7-13-19-14-8-4-9-15-19/h3-6,8-9,11-12,14-15H,1-2,7,10,13,16H2/q+1. The maximum absolute atomic E-state index is 11.9.